The molecule has 0 aliphatic heterocycles. The van der Waals surface area contributed by atoms with Crippen molar-refractivity contribution in [1.82, 2.24) is 20.6 Å². The number of H-pyrrole nitrogens is 1. The maximum atomic E-state index is 11.8. The Bertz CT molecular complexity index is 1000. The van der Waals surface area contributed by atoms with E-state index >= 15 is 0 Å². The molecule has 11 heteroatoms. The van der Waals surface area contributed by atoms with Gasteiger partial charge in [0.25, 0.3) is 0 Å². The van der Waals surface area contributed by atoms with Crippen LogP contribution in [-0.4, -0.2) is 69.8 Å². The Hall–Kier alpha value is -2.40. The summed E-state index contributed by atoms with van der Waals surface area (Å²) in [6.07, 6.45) is 1.47. The van der Waals surface area contributed by atoms with Gasteiger partial charge in [-0.15, -0.1) is 11.6 Å². The van der Waals surface area contributed by atoms with Crippen LogP contribution in [0.3, 0.4) is 0 Å². The largest absolute Gasteiger partial charge is 0.397 e. The number of aromatic amines is 1. The van der Waals surface area contributed by atoms with Crippen LogP contribution in [0.15, 0.2) is 42.5 Å². The minimum Gasteiger partial charge on any atom is -0.397 e. The van der Waals surface area contributed by atoms with Gasteiger partial charge in [-0.3, -0.25) is 4.79 Å². The highest BCUT2D eigenvalue weighted by Gasteiger charge is 2.16. The van der Waals surface area contributed by atoms with Gasteiger partial charge >= 0.3 is 0 Å². The second-order valence-electron chi connectivity index (χ2n) is 6.95. The van der Waals surface area contributed by atoms with Gasteiger partial charge in [0.1, 0.15) is 11.9 Å². The van der Waals surface area contributed by atoms with Crippen molar-refractivity contribution in [3.8, 4) is 0 Å². The lowest BCUT2D eigenvalue weighted by molar-refractivity contribution is -0.119. The summed E-state index contributed by atoms with van der Waals surface area (Å²) in [4.78, 5) is 19.5. The van der Waals surface area contributed by atoms with Crippen molar-refractivity contribution in [2.75, 3.05) is 59.0 Å². The van der Waals surface area contributed by atoms with Gasteiger partial charge in [0, 0.05) is 25.6 Å². The molecule has 0 saturated heterocycles. The highest BCUT2D eigenvalue weighted by Crippen LogP contribution is 2.20. The number of anilines is 2. The summed E-state index contributed by atoms with van der Waals surface area (Å²) in [6, 6.07) is 12.4. The third-order valence-corrected chi connectivity index (χ3v) is 4.93. The van der Waals surface area contributed by atoms with Gasteiger partial charge in [0.2, 0.25) is 5.91 Å². The number of benzene rings is 2. The highest BCUT2D eigenvalue weighted by atomic mass is 35.5. The molecule has 0 aliphatic rings. The van der Waals surface area contributed by atoms with Gasteiger partial charge in [-0.2, -0.15) is 0 Å². The summed E-state index contributed by atoms with van der Waals surface area (Å²) in [7, 11) is 6.81. The molecule has 9 nitrogen and oxygen atoms in total. The Morgan fingerprint density at radius 3 is 2.35 bits per heavy atom. The summed E-state index contributed by atoms with van der Waals surface area (Å²) in [5, 5.41) is 9.45. The third kappa shape index (κ3) is 9.09. The lowest BCUT2D eigenvalue weighted by Gasteiger charge is -2.15. The van der Waals surface area contributed by atoms with Crippen molar-refractivity contribution < 1.29 is 14.3 Å². The molecule has 6 N–H and O–H groups in total. The number of methoxy groups -OCH3 is 2. The molecule has 0 aliphatic carbocycles. The third-order valence-electron chi connectivity index (χ3n) is 4.69. The Kier molecular flexibility index (Phi) is 14.2. The first-order valence-corrected chi connectivity index (χ1v) is 11.6. The van der Waals surface area contributed by atoms with Gasteiger partial charge in [0.15, 0.2) is 0 Å². The number of para-hydroxylation sites is 2. The number of likely N-dealkylation sites (N-methyl/N-ethyl adjacent to an activating group) is 2. The Labute approximate surface area is 210 Å². The number of nitrogens with two attached hydrogens (primary N) is 1. The first kappa shape index (κ1) is 29.6. The zero-order valence-corrected chi connectivity index (χ0v) is 21.6. The Morgan fingerprint density at radius 1 is 1.09 bits per heavy atom. The molecule has 1 amide bonds. The first-order valence-electron chi connectivity index (χ1n) is 10.4. The maximum Gasteiger partial charge on any atom is 0.243 e. The summed E-state index contributed by atoms with van der Waals surface area (Å²) in [6.45, 7) is 0.888. The molecule has 3 rings (SSSR count). The molecule has 2 aromatic carbocycles. The molecule has 0 bridgehead atoms. The number of ether oxygens (including phenoxy) is 2. The van der Waals surface area contributed by atoms with E-state index in [4.69, 9.17) is 26.8 Å². The fraction of sp³-hybridized carbons (Fsp3) is 0.391. The number of hydrogen-bond acceptors (Lipinski definition) is 7. The predicted molar refractivity (Wildman–Crippen MR) is 141 cm³/mol. The number of amides is 1. The van der Waals surface area contributed by atoms with E-state index in [-0.39, 0.29) is 18.0 Å². The van der Waals surface area contributed by atoms with Crippen molar-refractivity contribution in [3.63, 3.8) is 0 Å². The highest BCUT2D eigenvalue weighted by molar-refractivity contribution is 6.31. The SMILES string of the molecule is CCl.CN[C@@H](COC)C(=O)Nc1ccccc1N.CN[C@@H](COC)c1nc2ccc(Cl)cc2[nH]1. The number of carbonyl (C=O) groups is 1. The van der Waals surface area contributed by atoms with Crippen molar-refractivity contribution >= 4 is 51.5 Å². The van der Waals surface area contributed by atoms with Crippen molar-refractivity contribution in [1.29, 1.82) is 0 Å². The molecule has 0 fully saturated rings. The number of rotatable bonds is 9. The van der Waals surface area contributed by atoms with Crippen LogP contribution >= 0.6 is 23.2 Å². The van der Waals surface area contributed by atoms with Crippen LogP contribution < -0.4 is 21.7 Å². The number of aromatic nitrogens is 2. The maximum absolute atomic E-state index is 11.8. The minimum atomic E-state index is -0.385. The van der Waals surface area contributed by atoms with Crippen LogP contribution in [0.1, 0.15) is 11.9 Å². The van der Waals surface area contributed by atoms with Gasteiger partial charge in [-0.1, -0.05) is 23.7 Å². The second-order valence-corrected chi connectivity index (χ2v) is 7.39. The summed E-state index contributed by atoms with van der Waals surface area (Å²) < 4.78 is 10.0. The van der Waals surface area contributed by atoms with Gasteiger partial charge in [-0.05, 0) is 44.4 Å². The average Bonchev–Trinajstić information content (AvgIpc) is 3.27. The lowest BCUT2D eigenvalue weighted by Crippen LogP contribution is -2.41. The van der Waals surface area contributed by atoms with E-state index in [2.05, 4.69) is 37.5 Å². The number of nitrogen functional groups attached to an aromatic ring is 1. The van der Waals surface area contributed by atoms with E-state index in [0.29, 0.717) is 29.6 Å². The van der Waals surface area contributed by atoms with E-state index < -0.39 is 0 Å². The summed E-state index contributed by atoms with van der Waals surface area (Å²) >= 11 is 10.6. The van der Waals surface area contributed by atoms with Crippen molar-refractivity contribution in [2.24, 2.45) is 0 Å². The molecule has 0 radical (unpaired) electrons. The topological polar surface area (TPSA) is 126 Å². The molecule has 0 unspecified atom stereocenters. The number of alkyl halides is 1. The molecule has 188 valence electrons. The van der Waals surface area contributed by atoms with E-state index in [9.17, 15) is 4.79 Å². The Balaban J connectivity index is 0.000000317. The molecule has 0 saturated carbocycles. The fourth-order valence-electron chi connectivity index (χ4n) is 2.92. The fourth-order valence-corrected chi connectivity index (χ4v) is 3.09. The molecular formula is C23H34Cl2N6O3. The number of nitrogens with one attached hydrogen (secondary N) is 4. The molecule has 3 aromatic rings. The van der Waals surface area contributed by atoms with Gasteiger partial charge in [-0.25, -0.2) is 4.98 Å². The quantitative estimate of drug-likeness (QED) is 0.219. The zero-order valence-electron chi connectivity index (χ0n) is 20.1. The zero-order chi connectivity index (χ0) is 25.5. The average molecular weight is 513 g/mol. The number of hydrogen-bond donors (Lipinski definition) is 5. The lowest BCUT2D eigenvalue weighted by atomic mass is 10.2. The number of fused-ring (bicyclic) bond motifs is 1. The van der Waals surface area contributed by atoms with Crippen LogP contribution in [0.4, 0.5) is 11.4 Å². The van der Waals surface area contributed by atoms with Crippen molar-refractivity contribution in [3.05, 3.63) is 53.3 Å². The van der Waals surface area contributed by atoms with E-state index in [0.717, 1.165) is 16.9 Å². The number of nitrogens with zero attached hydrogens (tertiary/aromatic N) is 1. The predicted octanol–water partition coefficient (Wildman–Crippen LogP) is 3.42. The monoisotopic (exact) mass is 512 g/mol. The standard InChI is InChI=1S/C11H14ClN3O.C11H17N3O2.CH3Cl/c1-13-10(6-16-2)11-14-8-4-3-7(12)5-9(8)15-11;1-13-10(7-16-2)11(15)14-9-6-4-3-5-8(9)12;1-2/h3-5,10,13H,6H2,1-2H3,(H,14,15);3-6,10,13H,7,12H2,1-2H3,(H,14,15);1H3/t2*10-;/m00./s1. The normalized spacial score (nSPS) is 12.1. The first-order chi connectivity index (χ1) is 16.4. The minimum absolute atomic E-state index is 0.0659. The van der Waals surface area contributed by atoms with E-state index in [1.165, 1.54) is 6.38 Å². The van der Waals surface area contributed by atoms with Crippen LogP contribution in [0, 0.1) is 0 Å². The van der Waals surface area contributed by atoms with Crippen LogP contribution in [0.25, 0.3) is 11.0 Å². The van der Waals surface area contributed by atoms with Crippen LogP contribution in [-0.2, 0) is 14.3 Å². The molecule has 0 spiro atoms. The van der Waals surface area contributed by atoms with Gasteiger partial charge in [0.05, 0.1) is 41.7 Å². The van der Waals surface area contributed by atoms with Gasteiger partial charge < -0.3 is 36.1 Å². The van der Waals surface area contributed by atoms with E-state index in [1.807, 2.05) is 37.4 Å². The number of carbonyl (C=O) groups excluding carboxylic acids is 1. The summed E-state index contributed by atoms with van der Waals surface area (Å²) in [5.41, 5.74) is 8.73. The van der Waals surface area contributed by atoms with Crippen LogP contribution in [0.2, 0.25) is 5.02 Å². The smallest absolute Gasteiger partial charge is 0.243 e. The number of halogens is 2. The molecular weight excluding hydrogens is 479 g/mol. The second kappa shape index (κ2) is 16.3. The van der Waals surface area contributed by atoms with E-state index in [1.54, 1.807) is 33.4 Å². The summed E-state index contributed by atoms with van der Waals surface area (Å²) in [5.74, 6) is 0.698. The molecule has 1 heterocycles. The molecule has 34 heavy (non-hydrogen) atoms. The number of imidazole rings is 1. The Morgan fingerprint density at radius 2 is 1.76 bits per heavy atom. The van der Waals surface area contributed by atoms with Crippen LogP contribution in [0.5, 0.6) is 0 Å². The molecule has 2 atom stereocenters. The molecule has 1 aromatic heterocycles. The van der Waals surface area contributed by atoms with Crippen molar-refractivity contribution in [2.45, 2.75) is 12.1 Å².